The van der Waals surface area contributed by atoms with Gasteiger partial charge in [0, 0.05) is 56.9 Å². The highest BCUT2D eigenvalue weighted by atomic mass is 16.5. The summed E-state index contributed by atoms with van der Waals surface area (Å²) in [6.07, 6.45) is 4.82. The number of oxazole rings is 1. The molecular weight excluding hydrogens is 534 g/mol. The third kappa shape index (κ3) is 6.69. The monoisotopic (exact) mass is 575 g/mol. The van der Waals surface area contributed by atoms with Crippen molar-refractivity contribution in [1.82, 2.24) is 25.5 Å². The molecule has 3 aliphatic rings. The first kappa shape index (κ1) is 28.4. The van der Waals surface area contributed by atoms with Gasteiger partial charge in [0.1, 0.15) is 24.0 Å². The fraction of sp³-hybridized carbons (Fsp3) is 0.516. The van der Waals surface area contributed by atoms with Gasteiger partial charge in [0.05, 0.1) is 11.8 Å². The average molecular weight is 576 g/mol. The Balaban J connectivity index is 1.05. The van der Waals surface area contributed by atoms with Crippen molar-refractivity contribution in [3.63, 3.8) is 0 Å². The second-order valence-corrected chi connectivity index (χ2v) is 11.7. The van der Waals surface area contributed by atoms with Gasteiger partial charge in [0.2, 0.25) is 0 Å². The minimum atomic E-state index is -0.737. The molecule has 1 saturated carbocycles. The predicted octanol–water partition coefficient (Wildman–Crippen LogP) is 2.48. The third-order valence-corrected chi connectivity index (χ3v) is 8.68. The number of benzene rings is 1. The van der Waals surface area contributed by atoms with E-state index in [1.807, 2.05) is 37.3 Å². The fourth-order valence-electron chi connectivity index (χ4n) is 5.61. The smallest absolute Gasteiger partial charge is 0.251 e. The number of rotatable bonds is 10. The van der Waals surface area contributed by atoms with Gasteiger partial charge in [-0.15, -0.1) is 0 Å². The van der Waals surface area contributed by atoms with Crippen LogP contribution in [0.1, 0.15) is 52.2 Å². The Morgan fingerprint density at radius 3 is 2.76 bits per heavy atom. The topological polar surface area (TPSA) is 128 Å². The molecule has 224 valence electrons. The van der Waals surface area contributed by atoms with Gasteiger partial charge >= 0.3 is 0 Å². The number of fused-ring (bicyclic) bond motifs is 1. The maximum atomic E-state index is 13.3. The van der Waals surface area contributed by atoms with Crippen molar-refractivity contribution >= 4 is 17.5 Å². The number of pyridine rings is 1. The maximum absolute atomic E-state index is 13.3. The largest absolute Gasteiger partial charge is 0.486 e. The molecule has 0 unspecified atom stereocenters. The van der Waals surface area contributed by atoms with Crippen LogP contribution in [-0.2, 0) is 19.6 Å². The van der Waals surface area contributed by atoms with Gasteiger partial charge in [-0.25, -0.2) is 9.97 Å². The highest BCUT2D eigenvalue weighted by Gasteiger charge is 2.26. The molecule has 2 fully saturated rings. The van der Waals surface area contributed by atoms with Crippen molar-refractivity contribution in [1.29, 1.82) is 0 Å². The molecule has 3 aromatic rings. The normalized spacial score (nSPS) is 20.0. The van der Waals surface area contributed by atoms with Crippen LogP contribution >= 0.6 is 0 Å². The fourth-order valence-corrected chi connectivity index (χ4v) is 5.61. The van der Waals surface area contributed by atoms with Gasteiger partial charge in [-0.3, -0.25) is 4.79 Å². The molecule has 4 N–H and O–H groups in total. The zero-order valence-electron chi connectivity index (χ0n) is 24.4. The lowest BCUT2D eigenvalue weighted by Gasteiger charge is -2.34. The molecule has 0 radical (unpaired) electrons. The van der Waals surface area contributed by atoms with Gasteiger partial charge in [0.25, 0.3) is 5.91 Å². The predicted molar refractivity (Wildman–Crippen MR) is 160 cm³/mol. The summed E-state index contributed by atoms with van der Waals surface area (Å²) >= 11 is 0. The molecule has 2 aliphatic heterocycles. The van der Waals surface area contributed by atoms with E-state index in [4.69, 9.17) is 14.1 Å². The van der Waals surface area contributed by atoms with Crippen molar-refractivity contribution in [2.24, 2.45) is 0 Å². The van der Waals surface area contributed by atoms with Crippen LogP contribution in [0.15, 0.2) is 41.1 Å². The number of nitrogens with zero attached hydrogens (tertiary/aromatic N) is 4. The average Bonchev–Trinajstić information content (AvgIpc) is 3.40. The van der Waals surface area contributed by atoms with E-state index in [1.165, 1.54) is 12.8 Å². The Bertz CT molecular complexity index is 1380. The Kier molecular flexibility index (Phi) is 8.59. The van der Waals surface area contributed by atoms with E-state index in [0.717, 1.165) is 73.2 Å². The lowest BCUT2D eigenvalue weighted by molar-refractivity contribution is 0.0870. The Morgan fingerprint density at radius 2 is 2.02 bits per heavy atom. The zero-order valence-corrected chi connectivity index (χ0v) is 24.4. The first-order chi connectivity index (χ1) is 20.4. The van der Waals surface area contributed by atoms with Gasteiger partial charge in [-0.2, -0.15) is 0 Å². The second-order valence-electron chi connectivity index (χ2n) is 11.7. The summed E-state index contributed by atoms with van der Waals surface area (Å²) in [4.78, 5) is 26.8. The van der Waals surface area contributed by atoms with E-state index in [1.54, 1.807) is 0 Å². The van der Waals surface area contributed by atoms with Crippen LogP contribution < -0.4 is 25.6 Å². The molecule has 0 bridgehead atoms. The van der Waals surface area contributed by atoms with Crippen molar-refractivity contribution in [3.8, 4) is 5.75 Å². The van der Waals surface area contributed by atoms with Crippen LogP contribution in [0.3, 0.4) is 0 Å². The first-order valence-corrected chi connectivity index (χ1v) is 15.0. The van der Waals surface area contributed by atoms with E-state index in [9.17, 15) is 9.90 Å². The second kappa shape index (κ2) is 12.7. The van der Waals surface area contributed by atoms with E-state index in [0.29, 0.717) is 36.9 Å². The number of aryl methyl sites for hydroxylation is 1. The van der Waals surface area contributed by atoms with E-state index in [2.05, 4.69) is 37.8 Å². The van der Waals surface area contributed by atoms with Crippen LogP contribution in [-0.4, -0.2) is 83.8 Å². The van der Waals surface area contributed by atoms with Crippen LogP contribution in [0, 0.1) is 6.92 Å². The number of hydrogen-bond donors (Lipinski definition) is 4. The molecule has 2 aromatic heterocycles. The lowest BCUT2D eigenvalue weighted by atomic mass is 9.92. The van der Waals surface area contributed by atoms with Crippen molar-refractivity contribution in [2.45, 2.75) is 63.9 Å². The maximum Gasteiger partial charge on any atom is 0.251 e. The van der Waals surface area contributed by atoms with Crippen LogP contribution in [0.5, 0.6) is 5.75 Å². The number of carbonyl (C=O) groups excluding carboxylic acids is 1. The molecule has 2 atom stereocenters. The van der Waals surface area contributed by atoms with E-state index in [-0.39, 0.29) is 18.5 Å². The number of amides is 1. The van der Waals surface area contributed by atoms with Gasteiger partial charge in [-0.1, -0.05) is 6.07 Å². The number of ether oxygens (including phenoxy) is 1. The summed E-state index contributed by atoms with van der Waals surface area (Å²) in [6.45, 7) is 6.65. The van der Waals surface area contributed by atoms with E-state index >= 15 is 0 Å². The molecule has 4 heterocycles. The quantitative estimate of drug-likeness (QED) is 0.286. The lowest BCUT2D eigenvalue weighted by Crippen LogP contribution is -2.49. The molecule has 1 amide bonds. The van der Waals surface area contributed by atoms with Gasteiger partial charge in [0.15, 0.2) is 12.2 Å². The molecule has 1 aliphatic carbocycles. The number of likely N-dealkylation sites (N-methyl/N-ethyl adjacent to an activating group) is 1. The SMILES string of the molecule is Cc1ncoc1COc1ccc2c(c1)CN[C@H]([C@H](O)CNC(=O)c1cc(NC3CCC3)nc(N3CCN(C)CC3)c1)C2. The van der Waals surface area contributed by atoms with Gasteiger partial charge in [-0.05, 0) is 75.0 Å². The number of aliphatic hydroxyl groups excluding tert-OH is 1. The first-order valence-electron chi connectivity index (χ1n) is 15.0. The highest BCUT2D eigenvalue weighted by molar-refractivity contribution is 5.95. The number of aliphatic hydroxyl groups is 1. The highest BCUT2D eigenvalue weighted by Crippen LogP contribution is 2.26. The summed E-state index contributed by atoms with van der Waals surface area (Å²) in [7, 11) is 2.12. The van der Waals surface area contributed by atoms with Crippen LogP contribution in [0.4, 0.5) is 11.6 Å². The number of nitrogens with one attached hydrogen (secondary N) is 3. The summed E-state index contributed by atoms with van der Waals surface area (Å²) in [5.74, 6) is 2.83. The summed E-state index contributed by atoms with van der Waals surface area (Å²) in [5.41, 5.74) is 3.67. The number of anilines is 2. The molecule has 1 aromatic carbocycles. The molecule has 11 heteroatoms. The Morgan fingerprint density at radius 1 is 1.19 bits per heavy atom. The molecule has 42 heavy (non-hydrogen) atoms. The van der Waals surface area contributed by atoms with Crippen LogP contribution in [0.25, 0.3) is 0 Å². The number of piperazine rings is 1. The zero-order chi connectivity index (χ0) is 29.1. The van der Waals surface area contributed by atoms with Crippen molar-refractivity contribution in [3.05, 3.63) is 64.9 Å². The minimum absolute atomic E-state index is 0.154. The summed E-state index contributed by atoms with van der Waals surface area (Å²) < 4.78 is 11.3. The van der Waals surface area contributed by atoms with Crippen molar-refractivity contribution < 1.29 is 19.1 Å². The molecule has 11 nitrogen and oxygen atoms in total. The number of aromatic nitrogens is 2. The summed E-state index contributed by atoms with van der Waals surface area (Å²) in [5, 5.41) is 20.9. The molecule has 6 rings (SSSR count). The minimum Gasteiger partial charge on any atom is -0.486 e. The summed E-state index contributed by atoms with van der Waals surface area (Å²) in [6, 6.07) is 9.96. The Labute approximate surface area is 246 Å². The molecular formula is C31H41N7O4. The molecule has 0 spiro atoms. The standard InChI is InChI=1S/C31H41N7O4/c1-20-28(42-19-34-20)18-41-25-7-6-21-13-26(32-16-23(21)12-25)27(39)17-33-31(40)22-14-29(35-24-4-3-5-24)36-30(15-22)38-10-8-37(2)9-11-38/h6-7,12,14-15,19,24,26-27,32,39H,3-5,8-11,13,16-18H2,1-2H3,(H,33,40)(H,35,36)/t26-,27+/m0/s1. The van der Waals surface area contributed by atoms with Crippen LogP contribution in [0.2, 0.25) is 0 Å². The van der Waals surface area contributed by atoms with E-state index < -0.39 is 6.10 Å². The van der Waals surface area contributed by atoms with Crippen molar-refractivity contribution in [2.75, 3.05) is 50.0 Å². The number of hydrogen-bond acceptors (Lipinski definition) is 10. The molecule has 1 saturated heterocycles. The Hall–Kier alpha value is -3.67. The van der Waals surface area contributed by atoms with Gasteiger partial charge < -0.3 is 40.0 Å². The third-order valence-electron chi connectivity index (χ3n) is 8.68. The number of carbonyl (C=O) groups is 1.